The molecule has 8 heteroatoms. The first-order valence-corrected chi connectivity index (χ1v) is 7.47. The molecule has 1 aromatic rings. The topological polar surface area (TPSA) is 113 Å². The molecule has 2 rings (SSSR count). The van der Waals surface area contributed by atoms with Gasteiger partial charge in [0.25, 0.3) is 5.69 Å². The molecule has 0 aliphatic heterocycles. The van der Waals surface area contributed by atoms with Crippen LogP contribution in [0.4, 0.5) is 10.5 Å². The Hall–Kier alpha value is -2.64. The third-order valence-electron chi connectivity index (χ3n) is 3.59. The highest BCUT2D eigenvalue weighted by molar-refractivity contribution is 5.75. The SMILES string of the molecule is O=C(O)CCCNC(=O)N(Cc1ccc([N+](=O)[O-])cc1)C1CC1. The molecule has 0 saturated heterocycles. The molecule has 1 saturated carbocycles. The van der Waals surface area contributed by atoms with Gasteiger partial charge in [0.1, 0.15) is 0 Å². The number of non-ortho nitro benzene ring substituents is 1. The maximum absolute atomic E-state index is 12.2. The number of hydrogen-bond acceptors (Lipinski definition) is 4. The number of amides is 2. The van der Waals surface area contributed by atoms with Gasteiger partial charge in [-0.05, 0) is 24.8 Å². The van der Waals surface area contributed by atoms with Crippen molar-refractivity contribution < 1.29 is 19.6 Å². The Morgan fingerprint density at radius 2 is 1.96 bits per heavy atom. The van der Waals surface area contributed by atoms with Gasteiger partial charge in [-0.3, -0.25) is 14.9 Å². The molecule has 1 fully saturated rings. The minimum atomic E-state index is -0.885. The lowest BCUT2D eigenvalue weighted by Crippen LogP contribution is -2.41. The number of nitro groups is 1. The van der Waals surface area contributed by atoms with E-state index in [1.807, 2.05) is 0 Å². The van der Waals surface area contributed by atoms with E-state index in [9.17, 15) is 19.7 Å². The van der Waals surface area contributed by atoms with Gasteiger partial charge in [0, 0.05) is 37.7 Å². The number of rotatable bonds is 8. The third-order valence-corrected chi connectivity index (χ3v) is 3.59. The van der Waals surface area contributed by atoms with Crippen LogP contribution in [0.1, 0.15) is 31.2 Å². The monoisotopic (exact) mass is 321 g/mol. The Kier molecular flexibility index (Phi) is 5.51. The van der Waals surface area contributed by atoms with Gasteiger partial charge >= 0.3 is 12.0 Å². The van der Waals surface area contributed by atoms with E-state index in [-0.39, 0.29) is 24.2 Å². The van der Waals surface area contributed by atoms with Gasteiger partial charge in [0.05, 0.1) is 4.92 Å². The summed E-state index contributed by atoms with van der Waals surface area (Å²) in [6, 6.07) is 6.09. The molecule has 1 aliphatic carbocycles. The molecule has 2 amide bonds. The number of nitro benzene ring substituents is 1. The van der Waals surface area contributed by atoms with E-state index in [4.69, 9.17) is 5.11 Å². The van der Waals surface area contributed by atoms with Crippen molar-refractivity contribution in [2.75, 3.05) is 6.54 Å². The standard InChI is InChI=1S/C15H19N3O5/c19-14(20)2-1-9-16-15(21)17(12-7-8-12)10-11-3-5-13(6-4-11)18(22)23/h3-6,12H,1-2,7-10H2,(H,16,21)(H,19,20). The van der Waals surface area contributed by atoms with Crippen LogP contribution in [0, 0.1) is 10.1 Å². The molecule has 0 bridgehead atoms. The summed E-state index contributed by atoms with van der Waals surface area (Å²) in [5.41, 5.74) is 0.841. The molecule has 23 heavy (non-hydrogen) atoms. The second-order valence-electron chi connectivity index (χ2n) is 5.51. The van der Waals surface area contributed by atoms with Crippen LogP contribution in [0.25, 0.3) is 0 Å². The van der Waals surface area contributed by atoms with E-state index < -0.39 is 10.9 Å². The van der Waals surface area contributed by atoms with E-state index in [0.29, 0.717) is 19.5 Å². The van der Waals surface area contributed by atoms with Crippen LogP contribution in [0.5, 0.6) is 0 Å². The molecule has 1 aromatic carbocycles. The van der Waals surface area contributed by atoms with E-state index in [1.54, 1.807) is 17.0 Å². The number of carbonyl (C=O) groups is 2. The average Bonchev–Trinajstić information content (AvgIpc) is 3.34. The summed E-state index contributed by atoms with van der Waals surface area (Å²) in [5, 5.41) is 21.9. The second kappa shape index (κ2) is 7.57. The zero-order chi connectivity index (χ0) is 16.8. The van der Waals surface area contributed by atoms with Gasteiger partial charge in [-0.2, -0.15) is 0 Å². The summed E-state index contributed by atoms with van der Waals surface area (Å²) >= 11 is 0. The Morgan fingerprint density at radius 1 is 1.30 bits per heavy atom. The Morgan fingerprint density at radius 3 is 2.48 bits per heavy atom. The largest absolute Gasteiger partial charge is 0.481 e. The highest BCUT2D eigenvalue weighted by atomic mass is 16.6. The number of carboxylic acids is 1. The predicted molar refractivity (Wildman–Crippen MR) is 81.9 cm³/mol. The highest BCUT2D eigenvalue weighted by Gasteiger charge is 2.32. The highest BCUT2D eigenvalue weighted by Crippen LogP contribution is 2.28. The summed E-state index contributed by atoms with van der Waals surface area (Å²) in [4.78, 5) is 34.5. The van der Waals surface area contributed by atoms with Crippen molar-refractivity contribution in [1.82, 2.24) is 10.2 Å². The summed E-state index contributed by atoms with van der Waals surface area (Å²) in [5.74, 6) is -0.885. The lowest BCUT2D eigenvalue weighted by molar-refractivity contribution is -0.384. The van der Waals surface area contributed by atoms with Crippen LogP contribution in [0.15, 0.2) is 24.3 Å². The molecule has 0 atom stereocenters. The number of nitrogens with zero attached hydrogens (tertiary/aromatic N) is 2. The fourth-order valence-corrected chi connectivity index (χ4v) is 2.21. The van der Waals surface area contributed by atoms with Gasteiger partial charge in [-0.25, -0.2) is 4.79 Å². The van der Waals surface area contributed by atoms with E-state index >= 15 is 0 Å². The molecule has 8 nitrogen and oxygen atoms in total. The van der Waals surface area contributed by atoms with Crippen molar-refractivity contribution in [3.05, 3.63) is 39.9 Å². The van der Waals surface area contributed by atoms with E-state index in [0.717, 1.165) is 18.4 Å². The molecular weight excluding hydrogens is 302 g/mol. The smallest absolute Gasteiger partial charge is 0.317 e. The quantitative estimate of drug-likeness (QED) is 0.432. The first-order chi connectivity index (χ1) is 11.0. The van der Waals surface area contributed by atoms with Gasteiger partial charge < -0.3 is 15.3 Å². The number of hydrogen-bond donors (Lipinski definition) is 2. The normalized spacial score (nSPS) is 13.4. The Balaban J connectivity index is 1.89. The van der Waals surface area contributed by atoms with Crippen LogP contribution >= 0.6 is 0 Å². The molecule has 2 N–H and O–H groups in total. The minimum Gasteiger partial charge on any atom is -0.481 e. The second-order valence-corrected chi connectivity index (χ2v) is 5.51. The Labute approximate surface area is 133 Å². The molecule has 0 spiro atoms. The molecule has 0 aromatic heterocycles. The third kappa shape index (κ3) is 5.24. The van der Waals surface area contributed by atoms with Crippen molar-refractivity contribution in [3.8, 4) is 0 Å². The maximum Gasteiger partial charge on any atom is 0.317 e. The van der Waals surface area contributed by atoms with Crippen molar-refractivity contribution in [1.29, 1.82) is 0 Å². The van der Waals surface area contributed by atoms with Crippen LogP contribution in [-0.4, -0.2) is 39.5 Å². The average molecular weight is 321 g/mol. The van der Waals surface area contributed by atoms with Crippen molar-refractivity contribution >= 4 is 17.7 Å². The van der Waals surface area contributed by atoms with Gasteiger partial charge in [0.15, 0.2) is 0 Å². The Bertz CT molecular complexity index is 583. The zero-order valence-electron chi connectivity index (χ0n) is 12.6. The lowest BCUT2D eigenvalue weighted by atomic mass is 10.2. The number of carbonyl (C=O) groups excluding carboxylic acids is 1. The van der Waals surface area contributed by atoms with E-state index in [1.165, 1.54) is 12.1 Å². The first kappa shape index (κ1) is 16.7. The molecular formula is C15H19N3O5. The molecule has 124 valence electrons. The lowest BCUT2D eigenvalue weighted by Gasteiger charge is -2.23. The van der Waals surface area contributed by atoms with Crippen LogP contribution in [-0.2, 0) is 11.3 Å². The predicted octanol–water partition coefficient (Wildman–Crippen LogP) is 2.13. The first-order valence-electron chi connectivity index (χ1n) is 7.47. The molecule has 0 unspecified atom stereocenters. The fourth-order valence-electron chi connectivity index (χ4n) is 2.21. The maximum atomic E-state index is 12.2. The minimum absolute atomic E-state index is 0.0184. The van der Waals surface area contributed by atoms with Crippen molar-refractivity contribution in [3.63, 3.8) is 0 Å². The van der Waals surface area contributed by atoms with Gasteiger partial charge in [-0.15, -0.1) is 0 Å². The van der Waals surface area contributed by atoms with Crippen LogP contribution < -0.4 is 5.32 Å². The number of nitrogens with one attached hydrogen (secondary N) is 1. The summed E-state index contributed by atoms with van der Waals surface area (Å²) in [6.45, 7) is 0.696. The summed E-state index contributed by atoms with van der Waals surface area (Å²) in [6.07, 6.45) is 2.29. The fraction of sp³-hybridized carbons (Fsp3) is 0.467. The molecule has 1 aliphatic rings. The summed E-state index contributed by atoms with van der Waals surface area (Å²) < 4.78 is 0. The summed E-state index contributed by atoms with van der Waals surface area (Å²) in [7, 11) is 0. The van der Waals surface area contributed by atoms with Crippen molar-refractivity contribution in [2.24, 2.45) is 0 Å². The van der Waals surface area contributed by atoms with Crippen LogP contribution in [0.3, 0.4) is 0 Å². The van der Waals surface area contributed by atoms with E-state index in [2.05, 4.69) is 5.32 Å². The molecule has 0 radical (unpaired) electrons. The number of carboxylic acid groups (broad SMARTS) is 1. The molecule has 0 heterocycles. The van der Waals surface area contributed by atoms with Gasteiger partial charge in [-0.1, -0.05) is 12.1 Å². The van der Waals surface area contributed by atoms with Crippen LogP contribution in [0.2, 0.25) is 0 Å². The number of aliphatic carboxylic acids is 1. The number of benzene rings is 1. The van der Waals surface area contributed by atoms with Gasteiger partial charge in [0.2, 0.25) is 0 Å². The zero-order valence-corrected chi connectivity index (χ0v) is 12.6. The number of urea groups is 1. The van der Waals surface area contributed by atoms with Crippen molar-refractivity contribution in [2.45, 2.75) is 38.3 Å².